The van der Waals surface area contributed by atoms with E-state index in [1.165, 1.54) is 56.3 Å². The highest BCUT2D eigenvalue weighted by atomic mass is 16.5. The molecular formula is C74H100N7O4+. The van der Waals surface area contributed by atoms with E-state index in [4.69, 9.17) is 28.9 Å². The molecular weight excluding hydrogens is 1050 g/mol. The predicted molar refractivity (Wildman–Crippen MR) is 363 cm³/mol. The van der Waals surface area contributed by atoms with Crippen molar-refractivity contribution >= 4 is 47.0 Å². The van der Waals surface area contributed by atoms with Crippen LogP contribution in [0, 0.1) is 6.92 Å². The van der Waals surface area contributed by atoms with Gasteiger partial charge in [-0.05, 0) is 175 Å². The van der Waals surface area contributed by atoms with Gasteiger partial charge in [0.1, 0.15) is 17.2 Å². The molecule has 0 unspecified atom stereocenters. The number of H-pyrrole nitrogens is 2. The van der Waals surface area contributed by atoms with Crippen LogP contribution in [0.1, 0.15) is 151 Å². The molecule has 2 aromatic heterocycles. The van der Waals surface area contributed by atoms with Gasteiger partial charge in [0.25, 0.3) is 0 Å². The van der Waals surface area contributed by atoms with Crippen molar-refractivity contribution < 1.29 is 23.8 Å². The van der Waals surface area contributed by atoms with Crippen molar-refractivity contribution in [1.29, 1.82) is 0 Å². The number of hydrogen-bond donors (Lipinski definition) is 4. The quantitative estimate of drug-likeness (QED) is 0.0187. The van der Waals surface area contributed by atoms with Crippen LogP contribution in [0.5, 0.6) is 17.2 Å². The fraction of sp³-hybridized carbons (Fsp3) is 0.405. The number of nitrogens with one attached hydrogen (secondary N) is 4. The summed E-state index contributed by atoms with van der Waals surface area (Å²) in [5, 5.41) is 2.75. The Morgan fingerprint density at radius 2 is 1.04 bits per heavy atom. The lowest BCUT2D eigenvalue weighted by Gasteiger charge is -2.12. The van der Waals surface area contributed by atoms with E-state index in [1.54, 1.807) is 0 Å². The van der Waals surface area contributed by atoms with E-state index < -0.39 is 0 Å². The number of nitrogens with zero attached hydrogens (tertiary/aromatic N) is 3. The van der Waals surface area contributed by atoms with Crippen molar-refractivity contribution in [3.8, 4) is 50.6 Å². The molecule has 0 atom stereocenters. The lowest BCUT2D eigenvalue weighted by atomic mass is 9.99. The standard InChI is InChI=1S/C72H92N6O4.C2H7N/c1-11-15-17-18-19-20-21-22-23-50-80-59-37-31-58(32-38-59)72-66-44-43-64(75-66)70(55(26-13-3)28-27-53(5)79-49-16-12-2)62(14-4)73-54(6)69(56-29-35-60(36-30-56)81-51-24-47-77(7)8)63-41-42-65(74-63)71(67-45-46-68(72)76-67)57-33-39-61(40-34-57)82-52-25-48-78(9)10;1-3-2/h13-14,26-46,73,76H,4,11-12,15-25,47-52H2,1-3,5-10H3;3H,1-2H3/p+1/b26-13-,53-27+,55-28+,69-54?,70-62?,71-65?,72-66?;. The summed E-state index contributed by atoms with van der Waals surface area (Å²) in [6.07, 6.45) is 34.2. The summed E-state index contributed by atoms with van der Waals surface area (Å²) < 4.78 is 25.0. The number of unbranched alkanes of at least 4 members (excludes halogenated alkanes) is 9. The lowest BCUT2D eigenvalue weighted by Crippen LogP contribution is -3.05. The summed E-state index contributed by atoms with van der Waals surface area (Å²) in [6, 6.07) is 29.6. The Hall–Kier alpha value is -7.44. The van der Waals surface area contributed by atoms with Gasteiger partial charge in [-0.2, -0.15) is 0 Å². The molecule has 454 valence electrons. The molecule has 0 spiro atoms. The Balaban J connectivity index is 0.00000377. The number of quaternary nitrogens is 1. The van der Waals surface area contributed by atoms with Gasteiger partial charge in [0.05, 0.1) is 75.6 Å². The van der Waals surface area contributed by atoms with Crippen LogP contribution in [0.15, 0.2) is 122 Å². The molecule has 7 rings (SSSR count). The number of rotatable bonds is 32. The molecule has 5 aromatic rings. The summed E-state index contributed by atoms with van der Waals surface area (Å²) >= 11 is 0. The van der Waals surface area contributed by atoms with Gasteiger partial charge < -0.3 is 44.0 Å². The molecule has 0 aliphatic carbocycles. The Morgan fingerprint density at radius 1 is 0.576 bits per heavy atom. The molecule has 85 heavy (non-hydrogen) atoms. The van der Waals surface area contributed by atoms with Gasteiger partial charge in [-0.3, -0.25) is 0 Å². The molecule has 0 saturated carbocycles. The Kier molecular flexibility index (Phi) is 28.6. The van der Waals surface area contributed by atoms with Crippen LogP contribution in [-0.4, -0.2) is 107 Å². The number of aryl methyl sites for hydroxylation is 1. The summed E-state index contributed by atoms with van der Waals surface area (Å²) in [6.45, 7) is 19.7. The fourth-order valence-electron chi connectivity index (χ4n) is 10.3. The second-order valence-corrected chi connectivity index (χ2v) is 22.6. The normalized spacial score (nSPS) is 12.2. The monoisotopic (exact) mass is 1150 g/mol. The summed E-state index contributed by atoms with van der Waals surface area (Å²) in [4.78, 5) is 22.6. The summed E-state index contributed by atoms with van der Waals surface area (Å²) in [7, 11) is 12.3. The van der Waals surface area contributed by atoms with Crippen LogP contribution >= 0.6 is 0 Å². The van der Waals surface area contributed by atoms with E-state index in [9.17, 15) is 0 Å². The highest BCUT2D eigenvalue weighted by Crippen LogP contribution is 2.38. The zero-order valence-electron chi connectivity index (χ0n) is 53.4. The lowest BCUT2D eigenvalue weighted by molar-refractivity contribution is -0.858. The van der Waals surface area contributed by atoms with Crippen molar-refractivity contribution in [2.45, 2.75) is 118 Å². The zero-order chi connectivity index (χ0) is 60.8. The Morgan fingerprint density at radius 3 is 1.53 bits per heavy atom. The minimum Gasteiger partial charge on any atom is -0.498 e. The highest BCUT2D eigenvalue weighted by Gasteiger charge is 2.20. The minimum absolute atomic E-state index is 0.638. The first-order valence-corrected chi connectivity index (χ1v) is 31.3. The van der Waals surface area contributed by atoms with Gasteiger partial charge in [0.2, 0.25) is 0 Å². The van der Waals surface area contributed by atoms with Crippen molar-refractivity contribution in [3.63, 3.8) is 0 Å². The maximum atomic E-state index is 6.36. The Labute approximate surface area is 510 Å². The summed E-state index contributed by atoms with van der Waals surface area (Å²) in [5.74, 6) is 3.36. The van der Waals surface area contributed by atoms with Crippen molar-refractivity contribution in [3.05, 3.63) is 161 Å². The van der Waals surface area contributed by atoms with Crippen LogP contribution in [0.2, 0.25) is 0 Å². The SMILES string of the molecule is C=Cc1[nH]c(C)c(-c2ccc(OCCC[NH+](C)C)cc2)c2nc(c(-c3ccc(OCCCN(C)C)cc3)c3ccc([nH]3)c(-c3ccc(OCCCCCCCCCCC)cc3)c3nc(c1C(/C=C\C)=C/C=C(\C)OCCCC)C=C3)C=C2.CNC. The van der Waals surface area contributed by atoms with Crippen molar-refractivity contribution in [2.75, 3.05) is 81.8 Å². The third kappa shape index (κ3) is 20.9. The number of aromatic nitrogens is 4. The molecule has 4 heterocycles. The third-order valence-electron chi connectivity index (χ3n) is 14.7. The van der Waals surface area contributed by atoms with Gasteiger partial charge in [0.15, 0.2) is 0 Å². The van der Waals surface area contributed by atoms with E-state index in [0.29, 0.717) is 26.4 Å². The highest BCUT2D eigenvalue weighted by molar-refractivity contribution is 5.97. The van der Waals surface area contributed by atoms with E-state index in [0.717, 1.165) is 158 Å². The number of fused-ring (bicyclic) bond motifs is 6. The molecule has 0 fully saturated rings. The number of allylic oxidation sites excluding steroid dienone is 6. The predicted octanol–water partition coefficient (Wildman–Crippen LogP) is 16.7. The third-order valence-corrected chi connectivity index (χ3v) is 14.7. The molecule has 0 amide bonds. The average Bonchev–Trinajstić information content (AvgIpc) is 4.11. The van der Waals surface area contributed by atoms with Crippen LogP contribution < -0.4 is 24.4 Å². The van der Waals surface area contributed by atoms with Gasteiger partial charge in [-0.25, -0.2) is 9.97 Å². The van der Waals surface area contributed by atoms with E-state index in [2.05, 4.69) is 209 Å². The second kappa shape index (κ2) is 36.4. The van der Waals surface area contributed by atoms with Crippen LogP contribution in [0.3, 0.4) is 0 Å². The first kappa shape index (κ1) is 66.7. The molecule has 2 aliphatic rings. The van der Waals surface area contributed by atoms with E-state index in [1.807, 2.05) is 34.0 Å². The molecule has 0 saturated heterocycles. The number of ether oxygens (including phenoxy) is 4. The van der Waals surface area contributed by atoms with Gasteiger partial charge >= 0.3 is 0 Å². The maximum absolute atomic E-state index is 6.36. The van der Waals surface area contributed by atoms with Crippen molar-refractivity contribution in [2.24, 2.45) is 0 Å². The largest absolute Gasteiger partial charge is 0.498 e. The van der Waals surface area contributed by atoms with Crippen LogP contribution in [0.4, 0.5) is 0 Å². The fourth-order valence-corrected chi connectivity index (χ4v) is 10.3. The summed E-state index contributed by atoms with van der Waals surface area (Å²) in [5.41, 5.74) is 14.5. The van der Waals surface area contributed by atoms with E-state index in [-0.39, 0.29) is 0 Å². The number of hydrogen-bond acceptors (Lipinski definition) is 8. The average molecular weight is 1150 g/mol. The molecule has 2 aliphatic heterocycles. The molecule has 0 radical (unpaired) electrons. The molecule has 4 N–H and O–H groups in total. The van der Waals surface area contributed by atoms with Gasteiger partial charge in [-0.15, -0.1) is 0 Å². The van der Waals surface area contributed by atoms with Crippen LogP contribution in [-0.2, 0) is 4.74 Å². The number of benzene rings is 3. The first-order chi connectivity index (χ1) is 41.4. The topological polar surface area (TPSA) is 114 Å². The molecule has 11 heteroatoms. The zero-order valence-corrected chi connectivity index (χ0v) is 53.4. The maximum Gasteiger partial charge on any atom is 0.119 e. The smallest absolute Gasteiger partial charge is 0.119 e. The number of aromatic amines is 2. The van der Waals surface area contributed by atoms with E-state index >= 15 is 0 Å². The Bertz CT molecular complexity index is 3210. The van der Waals surface area contributed by atoms with Crippen LogP contribution in [0.25, 0.3) is 80.4 Å². The van der Waals surface area contributed by atoms with Crippen molar-refractivity contribution in [1.82, 2.24) is 30.2 Å². The molecule has 3 aromatic carbocycles. The van der Waals surface area contributed by atoms with Gasteiger partial charge in [0, 0.05) is 57.6 Å². The molecule has 6 bridgehead atoms. The second-order valence-electron chi connectivity index (χ2n) is 22.6. The molecule has 11 nitrogen and oxygen atoms in total. The minimum atomic E-state index is 0.638. The first-order valence-electron chi connectivity index (χ1n) is 31.3. The van der Waals surface area contributed by atoms with Gasteiger partial charge in [-0.1, -0.05) is 133 Å².